The number of carbonyl (C=O) groups is 1. The summed E-state index contributed by atoms with van der Waals surface area (Å²) in [5.74, 6) is -0.342. The number of amides is 2. The molecular weight excluding hydrogens is 305 g/mol. The lowest BCUT2D eigenvalue weighted by atomic mass is 10.2. The third-order valence-electron chi connectivity index (χ3n) is 3.00. The van der Waals surface area contributed by atoms with E-state index in [1.807, 2.05) is 6.07 Å². The van der Waals surface area contributed by atoms with Gasteiger partial charge in [-0.3, -0.25) is 0 Å². The fraction of sp³-hybridized carbons (Fsp3) is 0.125. The summed E-state index contributed by atoms with van der Waals surface area (Å²) in [6.07, 6.45) is 0. The number of halogens is 2. The summed E-state index contributed by atoms with van der Waals surface area (Å²) in [6.45, 7) is 0.271. The number of urea groups is 1. The molecule has 4 nitrogen and oxygen atoms in total. The number of anilines is 1. The summed E-state index contributed by atoms with van der Waals surface area (Å²) in [5.41, 5.74) is 1.52. The van der Waals surface area contributed by atoms with Gasteiger partial charge in [0, 0.05) is 19.3 Å². The number of nitriles is 1. The highest BCUT2D eigenvalue weighted by molar-refractivity contribution is 6.32. The van der Waals surface area contributed by atoms with Gasteiger partial charge < -0.3 is 10.2 Å². The molecule has 0 saturated heterocycles. The number of benzene rings is 2. The Balaban J connectivity index is 2.02. The summed E-state index contributed by atoms with van der Waals surface area (Å²) < 4.78 is 13.1. The maximum absolute atomic E-state index is 13.1. The Bertz CT molecular complexity index is 742. The van der Waals surface area contributed by atoms with E-state index in [0.29, 0.717) is 16.8 Å². The quantitative estimate of drug-likeness (QED) is 0.929. The lowest BCUT2D eigenvalue weighted by molar-refractivity contribution is 0.220. The Labute approximate surface area is 132 Å². The molecule has 1 N–H and O–H groups in total. The van der Waals surface area contributed by atoms with Gasteiger partial charge in [0.15, 0.2) is 0 Å². The summed E-state index contributed by atoms with van der Waals surface area (Å²) in [6, 6.07) is 12.3. The van der Waals surface area contributed by atoms with Crippen molar-refractivity contribution in [3.05, 3.63) is 64.4 Å². The molecule has 0 aromatic heterocycles. The summed E-state index contributed by atoms with van der Waals surface area (Å²) in [5, 5.41) is 11.7. The maximum Gasteiger partial charge on any atom is 0.321 e. The van der Waals surface area contributed by atoms with Gasteiger partial charge in [-0.15, -0.1) is 0 Å². The summed E-state index contributed by atoms with van der Waals surface area (Å²) in [7, 11) is 1.60. The molecule has 0 aliphatic rings. The van der Waals surface area contributed by atoms with Crippen LogP contribution in [0.2, 0.25) is 5.02 Å². The lowest BCUT2D eigenvalue weighted by Gasteiger charge is -2.18. The second kappa shape index (κ2) is 6.92. The molecule has 0 aliphatic heterocycles. The second-order valence-electron chi connectivity index (χ2n) is 4.72. The maximum atomic E-state index is 13.1. The Morgan fingerprint density at radius 2 is 2.14 bits per heavy atom. The van der Waals surface area contributed by atoms with Gasteiger partial charge in [-0.1, -0.05) is 23.7 Å². The third-order valence-corrected chi connectivity index (χ3v) is 3.31. The minimum atomic E-state index is -0.356. The molecule has 2 rings (SSSR count). The van der Waals surface area contributed by atoms with Crippen LogP contribution in [0.1, 0.15) is 11.1 Å². The van der Waals surface area contributed by atoms with Crippen LogP contribution in [0, 0.1) is 17.1 Å². The van der Waals surface area contributed by atoms with Crippen LogP contribution in [0.15, 0.2) is 42.5 Å². The molecule has 6 heteroatoms. The summed E-state index contributed by atoms with van der Waals surface area (Å²) >= 11 is 5.91. The van der Waals surface area contributed by atoms with Crippen molar-refractivity contribution in [2.75, 3.05) is 12.4 Å². The van der Waals surface area contributed by atoms with Crippen molar-refractivity contribution in [2.45, 2.75) is 6.54 Å². The number of hydrogen-bond acceptors (Lipinski definition) is 2. The van der Waals surface area contributed by atoms with Crippen molar-refractivity contribution < 1.29 is 9.18 Å². The molecular formula is C16H13ClFN3O. The molecule has 112 valence electrons. The van der Waals surface area contributed by atoms with Gasteiger partial charge in [-0.05, 0) is 35.9 Å². The van der Waals surface area contributed by atoms with E-state index in [4.69, 9.17) is 16.9 Å². The van der Waals surface area contributed by atoms with Crippen molar-refractivity contribution >= 4 is 23.3 Å². The first-order valence-corrected chi connectivity index (χ1v) is 6.83. The van der Waals surface area contributed by atoms with Crippen molar-refractivity contribution in [3.63, 3.8) is 0 Å². The van der Waals surface area contributed by atoms with Gasteiger partial charge in [-0.25, -0.2) is 9.18 Å². The number of hydrogen-bond donors (Lipinski definition) is 1. The predicted octanol–water partition coefficient (Wildman–Crippen LogP) is 4.01. The molecule has 0 unspecified atom stereocenters. The first-order chi connectivity index (χ1) is 10.5. The normalized spacial score (nSPS) is 9.91. The molecule has 0 aliphatic carbocycles. The monoisotopic (exact) mass is 317 g/mol. The molecule has 2 aromatic carbocycles. The molecule has 0 saturated carbocycles. The minimum Gasteiger partial charge on any atom is -0.323 e. The topological polar surface area (TPSA) is 56.1 Å². The van der Waals surface area contributed by atoms with Gasteiger partial charge in [-0.2, -0.15) is 5.26 Å². The van der Waals surface area contributed by atoms with Crippen LogP contribution in [0.4, 0.5) is 14.9 Å². The predicted molar refractivity (Wildman–Crippen MR) is 83.1 cm³/mol. The largest absolute Gasteiger partial charge is 0.323 e. The third kappa shape index (κ3) is 3.96. The van der Waals surface area contributed by atoms with Crippen LogP contribution in [0.25, 0.3) is 0 Å². The fourth-order valence-corrected chi connectivity index (χ4v) is 2.11. The van der Waals surface area contributed by atoms with Gasteiger partial charge in [0.1, 0.15) is 11.9 Å². The van der Waals surface area contributed by atoms with E-state index in [9.17, 15) is 9.18 Å². The lowest BCUT2D eigenvalue weighted by Crippen LogP contribution is -2.30. The van der Waals surface area contributed by atoms with Crippen molar-refractivity contribution in [2.24, 2.45) is 0 Å². The van der Waals surface area contributed by atoms with Crippen LogP contribution in [-0.2, 0) is 6.54 Å². The highest BCUT2D eigenvalue weighted by Crippen LogP contribution is 2.20. The van der Waals surface area contributed by atoms with E-state index >= 15 is 0 Å². The number of carbonyl (C=O) groups excluding carboxylic acids is 1. The zero-order valence-corrected chi connectivity index (χ0v) is 12.6. The SMILES string of the molecule is CN(Cc1cccc(F)c1)C(=O)Nc1ccc(C#N)c(Cl)c1. The smallest absolute Gasteiger partial charge is 0.321 e. The van der Waals surface area contributed by atoms with Crippen LogP contribution < -0.4 is 5.32 Å². The number of rotatable bonds is 3. The van der Waals surface area contributed by atoms with Gasteiger partial charge in [0.25, 0.3) is 0 Å². The molecule has 0 atom stereocenters. The molecule has 22 heavy (non-hydrogen) atoms. The molecule has 0 bridgehead atoms. The van der Waals surface area contributed by atoms with E-state index < -0.39 is 0 Å². The van der Waals surface area contributed by atoms with E-state index in [1.54, 1.807) is 25.2 Å². The zero-order valence-electron chi connectivity index (χ0n) is 11.8. The molecule has 0 spiro atoms. The average Bonchev–Trinajstić information content (AvgIpc) is 2.47. The average molecular weight is 318 g/mol. The highest BCUT2D eigenvalue weighted by atomic mass is 35.5. The first-order valence-electron chi connectivity index (χ1n) is 6.46. The first kappa shape index (κ1) is 15.8. The Morgan fingerprint density at radius 1 is 1.36 bits per heavy atom. The second-order valence-corrected chi connectivity index (χ2v) is 5.13. The minimum absolute atomic E-state index is 0.271. The highest BCUT2D eigenvalue weighted by Gasteiger charge is 2.11. The van der Waals surface area contributed by atoms with Crippen LogP contribution >= 0.6 is 11.6 Å². The zero-order chi connectivity index (χ0) is 16.1. The van der Waals surface area contributed by atoms with Crippen molar-refractivity contribution in [1.29, 1.82) is 5.26 Å². The van der Waals surface area contributed by atoms with Crippen molar-refractivity contribution in [3.8, 4) is 6.07 Å². The molecule has 2 amide bonds. The van der Waals surface area contributed by atoms with E-state index in [1.165, 1.54) is 29.2 Å². The van der Waals surface area contributed by atoms with Crippen LogP contribution in [-0.4, -0.2) is 18.0 Å². The van der Waals surface area contributed by atoms with E-state index in [2.05, 4.69) is 5.32 Å². The van der Waals surface area contributed by atoms with Crippen LogP contribution in [0.5, 0.6) is 0 Å². The van der Waals surface area contributed by atoms with Gasteiger partial charge in [0.2, 0.25) is 0 Å². The molecule has 2 aromatic rings. The Morgan fingerprint density at radius 3 is 2.77 bits per heavy atom. The fourth-order valence-electron chi connectivity index (χ4n) is 1.88. The van der Waals surface area contributed by atoms with Gasteiger partial charge in [0.05, 0.1) is 10.6 Å². The molecule has 0 radical (unpaired) electrons. The number of nitrogens with one attached hydrogen (secondary N) is 1. The molecule has 0 fully saturated rings. The molecule has 0 heterocycles. The standard InChI is InChI=1S/C16H13ClFN3O/c1-21(10-11-3-2-4-13(18)7-11)16(22)20-14-6-5-12(9-19)15(17)8-14/h2-8H,10H2,1H3,(H,20,22). The summed E-state index contributed by atoms with van der Waals surface area (Å²) in [4.78, 5) is 13.5. The Hall–Kier alpha value is -2.58. The van der Waals surface area contributed by atoms with E-state index in [0.717, 1.165) is 0 Å². The Kier molecular flexibility index (Phi) is 4.97. The van der Waals surface area contributed by atoms with Gasteiger partial charge >= 0.3 is 6.03 Å². The van der Waals surface area contributed by atoms with Crippen LogP contribution in [0.3, 0.4) is 0 Å². The number of nitrogens with zero attached hydrogens (tertiary/aromatic N) is 2. The van der Waals surface area contributed by atoms with E-state index in [-0.39, 0.29) is 23.4 Å². The van der Waals surface area contributed by atoms with Crippen molar-refractivity contribution in [1.82, 2.24) is 4.90 Å².